The normalized spacial score (nSPS) is 11.0. The van der Waals surface area contributed by atoms with Crippen molar-refractivity contribution in [1.82, 2.24) is 0 Å². The van der Waals surface area contributed by atoms with Crippen molar-refractivity contribution >= 4 is 17.7 Å². The predicted octanol–water partition coefficient (Wildman–Crippen LogP) is 4.60. The minimum atomic E-state index is -0.345. The first-order chi connectivity index (χ1) is 10.1. The highest BCUT2D eigenvalue weighted by Crippen LogP contribution is 2.17. The van der Waals surface area contributed by atoms with Crippen LogP contribution in [0.3, 0.4) is 0 Å². The molecule has 0 aromatic heterocycles. The lowest BCUT2D eigenvalue weighted by molar-refractivity contribution is -0.111. The van der Waals surface area contributed by atoms with Gasteiger partial charge in [0, 0.05) is 17.3 Å². The van der Waals surface area contributed by atoms with E-state index in [9.17, 15) is 9.18 Å². The van der Waals surface area contributed by atoms with E-state index in [0.29, 0.717) is 11.5 Å². The van der Waals surface area contributed by atoms with Crippen molar-refractivity contribution in [2.24, 2.45) is 0 Å². The highest BCUT2D eigenvalue weighted by atomic mass is 19.1. The lowest BCUT2D eigenvalue weighted by Gasteiger charge is -2.07. The summed E-state index contributed by atoms with van der Waals surface area (Å²) in [6.07, 6.45) is 2.79. The smallest absolute Gasteiger partial charge is 0.248 e. The average molecular weight is 283 g/mol. The summed E-state index contributed by atoms with van der Waals surface area (Å²) in [7, 11) is 0. The molecule has 0 aliphatic carbocycles. The number of amides is 1. The van der Waals surface area contributed by atoms with Crippen molar-refractivity contribution in [3.63, 3.8) is 0 Å². The van der Waals surface area contributed by atoms with Gasteiger partial charge in [0.25, 0.3) is 0 Å². The fourth-order valence-electron chi connectivity index (χ4n) is 1.91. The molecule has 2 nitrogen and oxygen atoms in total. The molecule has 0 heterocycles. The molecule has 0 bridgehead atoms. The van der Waals surface area contributed by atoms with E-state index in [4.69, 9.17) is 0 Å². The van der Waals surface area contributed by atoms with Gasteiger partial charge >= 0.3 is 0 Å². The Morgan fingerprint density at radius 3 is 2.38 bits per heavy atom. The monoisotopic (exact) mass is 283 g/mol. The minimum Gasteiger partial charge on any atom is -0.323 e. The number of halogens is 1. The Bertz CT molecular complexity index is 645. The summed E-state index contributed by atoms with van der Waals surface area (Å²) in [6, 6.07) is 14.0. The maximum atomic E-state index is 13.4. The summed E-state index contributed by atoms with van der Waals surface area (Å²) in [5.74, 6) is -0.172. The third kappa shape index (κ3) is 4.28. The van der Waals surface area contributed by atoms with Crippen LogP contribution in [0.15, 0.2) is 54.6 Å². The molecule has 21 heavy (non-hydrogen) atoms. The Hall–Kier alpha value is -2.42. The molecule has 1 N–H and O–H groups in total. The van der Waals surface area contributed by atoms with Gasteiger partial charge in [-0.1, -0.05) is 44.2 Å². The van der Waals surface area contributed by atoms with Crippen LogP contribution in [0, 0.1) is 5.82 Å². The molecule has 0 saturated carbocycles. The molecule has 0 unspecified atom stereocenters. The van der Waals surface area contributed by atoms with Crippen LogP contribution in [0.4, 0.5) is 10.1 Å². The zero-order valence-electron chi connectivity index (χ0n) is 12.1. The minimum absolute atomic E-state index is 0.282. The number of carbonyl (C=O) groups is 1. The average Bonchev–Trinajstić information content (AvgIpc) is 2.47. The van der Waals surface area contributed by atoms with E-state index in [1.54, 1.807) is 18.2 Å². The first kappa shape index (κ1) is 15.0. The molecule has 3 heteroatoms. The van der Waals surface area contributed by atoms with Crippen molar-refractivity contribution in [2.75, 3.05) is 5.32 Å². The molecule has 0 aliphatic rings. The van der Waals surface area contributed by atoms with E-state index in [1.807, 2.05) is 24.3 Å². The van der Waals surface area contributed by atoms with Crippen LogP contribution in [0.1, 0.15) is 30.9 Å². The van der Waals surface area contributed by atoms with Crippen molar-refractivity contribution in [2.45, 2.75) is 19.8 Å². The van der Waals surface area contributed by atoms with Gasteiger partial charge < -0.3 is 5.32 Å². The highest BCUT2D eigenvalue weighted by Gasteiger charge is 2.02. The Kier molecular flexibility index (Phi) is 4.88. The first-order valence-electron chi connectivity index (χ1n) is 6.90. The molecule has 108 valence electrons. The molecule has 2 aromatic rings. The van der Waals surface area contributed by atoms with Crippen molar-refractivity contribution in [1.29, 1.82) is 0 Å². The van der Waals surface area contributed by atoms with Crippen molar-refractivity contribution in [3.05, 3.63) is 71.6 Å². The summed E-state index contributed by atoms with van der Waals surface area (Å²) >= 11 is 0. The van der Waals surface area contributed by atoms with Crippen LogP contribution >= 0.6 is 0 Å². The maximum absolute atomic E-state index is 13.4. The van der Waals surface area contributed by atoms with Gasteiger partial charge in [-0.3, -0.25) is 4.79 Å². The third-order valence-corrected chi connectivity index (χ3v) is 3.16. The molecule has 1 amide bonds. The van der Waals surface area contributed by atoms with Crippen LogP contribution in [-0.2, 0) is 4.79 Å². The Labute approximate surface area is 124 Å². The number of rotatable bonds is 4. The summed E-state index contributed by atoms with van der Waals surface area (Å²) in [6.45, 7) is 4.23. The van der Waals surface area contributed by atoms with E-state index in [2.05, 4.69) is 19.2 Å². The Balaban J connectivity index is 2.00. The number of hydrogen-bond acceptors (Lipinski definition) is 1. The maximum Gasteiger partial charge on any atom is 0.248 e. The number of benzene rings is 2. The Morgan fingerprint density at radius 2 is 1.76 bits per heavy atom. The third-order valence-electron chi connectivity index (χ3n) is 3.16. The van der Waals surface area contributed by atoms with Gasteiger partial charge in [-0.05, 0) is 35.8 Å². The molecule has 0 spiro atoms. The van der Waals surface area contributed by atoms with E-state index >= 15 is 0 Å². The highest BCUT2D eigenvalue weighted by molar-refractivity contribution is 6.01. The van der Waals surface area contributed by atoms with E-state index in [1.165, 1.54) is 23.8 Å². The van der Waals surface area contributed by atoms with Gasteiger partial charge in [-0.25, -0.2) is 4.39 Å². The number of anilines is 1. The molecule has 0 fully saturated rings. The molecule has 2 aromatic carbocycles. The van der Waals surface area contributed by atoms with E-state index in [0.717, 1.165) is 5.69 Å². The van der Waals surface area contributed by atoms with Gasteiger partial charge in [0.15, 0.2) is 0 Å². The topological polar surface area (TPSA) is 29.1 Å². The second-order valence-electron chi connectivity index (χ2n) is 5.12. The molecule has 0 atom stereocenters. The van der Waals surface area contributed by atoms with Crippen molar-refractivity contribution in [3.8, 4) is 0 Å². The largest absolute Gasteiger partial charge is 0.323 e. The molecule has 0 saturated heterocycles. The predicted molar refractivity (Wildman–Crippen MR) is 84.6 cm³/mol. The second-order valence-corrected chi connectivity index (χ2v) is 5.12. The standard InChI is InChI=1S/C18H18FNO/c1-13(2)14-7-10-16(11-8-14)20-18(21)12-9-15-5-3-4-6-17(15)19/h3-13H,1-2H3,(H,20,21). The van der Waals surface area contributed by atoms with Crippen LogP contribution in [0.5, 0.6) is 0 Å². The van der Waals surface area contributed by atoms with Gasteiger partial charge in [-0.2, -0.15) is 0 Å². The van der Waals surface area contributed by atoms with Gasteiger partial charge in [0.1, 0.15) is 5.82 Å². The fraction of sp³-hybridized carbons (Fsp3) is 0.167. The Morgan fingerprint density at radius 1 is 1.10 bits per heavy atom. The van der Waals surface area contributed by atoms with Crippen LogP contribution < -0.4 is 5.32 Å². The van der Waals surface area contributed by atoms with Crippen LogP contribution in [-0.4, -0.2) is 5.91 Å². The number of carbonyl (C=O) groups excluding carboxylic acids is 1. The zero-order chi connectivity index (χ0) is 15.2. The quantitative estimate of drug-likeness (QED) is 0.816. The van der Waals surface area contributed by atoms with E-state index in [-0.39, 0.29) is 11.7 Å². The summed E-state index contributed by atoms with van der Waals surface area (Å²) in [5, 5.41) is 2.75. The summed E-state index contributed by atoms with van der Waals surface area (Å²) < 4.78 is 13.4. The van der Waals surface area contributed by atoms with Crippen molar-refractivity contribution < 1.29 is 9.18 Å². The number of hydrogen-bond donors (Lipinski definition) is 1. The molecular weight excluding hydrogens is 265 g/mol. The first-order valence-corrected chi connectivity index (χ1v) is 6.90. The SMILES string of the molecule is CC(C)c1ccc(NC(=O)C=Cc2ccccc2F)cc1. The molecule has 2 rings (SSSR count). The molecule has 0 radical (unpaired) electrons. The van der Waals surface area contributed by atoms with Gasteiger partial charge in [0.2, 0.25) is 5.91 Å². The fourth-order valence-corrected chi connectivity index (χ4v) is 1.91. The summed E-state index contributed by atoms with van der Waals surface area (Å²) in [5.41, 5.74) is 2.33. The van der Waals surface area contributed by atoms with Crippen LogP contribution in [0.2, 0.25) is 0 Å². The zero-order valence-corrected chi connectivity index (χ0v) is 12.1. The van der Waals surface area contributed by atoms with Gasteiger partial charge in [-0.15, -0.1) is 0 Å². The van der Waals surface area contributed by atoms with Crippen LogP contribution in [0.25, 0.3) is 6.08 Å². The van der Waals surface area contributed by atoms with E-state index < -0.39 is 0 Å². The number of nitrogens with one attached hydrogen (secondary N) is 1. The molecular formula is C18H18FNO. The summed E-state index contributed by atoms with van der Waals surface area (Å²) in [4.78, 5) is 11.8. The lowest BCUT2D eigenvalue weighted by Crippen LogP contribution is -2.07. The lowest BCUT2D eigenvalue weighted by atomic mass is 10.0. The molecule has 0 aliphatic heterocycles. The second kappa shape index (κ2) is 6.84. The van der Waals surface area contributed by atoms with Gasteiger partial charge in [0.05, 0.1) is 0 Å².